The van der Waals surface area contributed by atoms with Crippen LogP contribution in [0.3, 0.4) is 0 Å². The van der Waals surface area contributed by atoms with Crippen LogP contribution in [0.1, 0.15) is 74.6 Å². The third-order valence-electron chi connectivity index (χ3n) is 4.11. The standard InChI is InChI=1S/C15H23N3O3/c1-10(2)12-16-9-11(17-12)13(19)18-15(14(20)21)7-5-3-4-6-8-15/h9-10H,3-8H2,1-2H3,(H,16,17)(H,18,19)(H,20,21). The lowest BCUT2D eigenvalue weighted by molar-refractivity contribution is -0.145. The van der Waals surface area contributed by atoms with Gasteiger partial charge in [0.05, 0.1) is 6.20 Å². The highest BCUT2D eigenvalue weighted by Crippen LogP contribution is 2.28. The molecule has 0 bridgehead atoms. The molecule has 21 heavy (non-hydrogen) atoms. The smallest absolute Gasteiger partial charge is 0.329 e. The number of nitrogens with zero attached hydrogens (tertiary/aromatic N) is 1. The maximum atomic E-state index is 12.3. The average molecular weight is 293 g/mol. The van der Waals surface area contributed by atoms with Gasteiger partial charge in [-0.15, -0.1) is 0 Å². The van der Waals surface area contributed by atoms with Crippen LogP contribution in [0.5, 0.6) is 0 Å². The van der Waals surface area contributed by atoms with Gasteiger partial charge >= 0.3 is 5.97 Å². The Balaban J connectivity index is 2.15. The number of hydrogen-bond donors (Lipinski definition) is 3. The molecule has 0 spiro atoms. The SMILES string of the molecule is CC(C)c1ncc(C(=O)NC2(C(=O)O)CCCCCC2)[nH]1. The molecule has 0 atom stereocenters. The molecule has 1 saturated carbocycles. The summed E-state index contributed by atoms with van der Waals surface area (Å²) >= 11 is 0. The van der Waals surface area contributed by atoms with E-state index in [0.717, 1.165) is 31.5 Å². The topological polar surface area (TPSA) is 95.1 Å². The zero-order chi connectivity index (χ0) is 15.5. The number of aliphatic carboxylic acids is 1. The number of H-pyrrole nitrogens is 1. The summed E-state index contributed by atoms with van der Waals surface area (Å²) in [4.78, 5) is 31.1. The van der Waals surface area contributed by atoms with E-state index in [9.17, 15) is 14.7 Å². The summed E-state index contributed by atoms with van der Waals surface area (Å²) in [6.07, 6.45) is 6.13. The largest absolute Gasteiger partial charge is 0.480 e. The van der Waals surface area contributed by atoms with Gasteiger partial charge in [0.15, 0.2) is 0 Å². The van der Waals surface area contributed by atoms with E-state index >= 15 is 0 Å². The number of amides is 1. The molecular weight excluding hydrogens is 270 g/mol. The van der Waals surface area contributed by atoms with Gasteiger partial charge in [-0.05, 0) is 12.8 Å². The number of carbonyl (C=O) groups is 2. The quantitative estimate of drug-likeness (QED) is 0.743. The molecule has 1 aromatic rings. The third-order valence-corrected chi connectivity index (χ3v) is 4.11. The highest BCUT2D eigenvalue weighted by Gasteiger charge is 2.40. The van der Waals surface area contributed by atoms with Crippen LogP contribution in [0.25, 0.3) is 0 Å². The molecule has 1 fully saturated rings. The Morgan fingerprint density at radius 3 is 2.38 bits per heavy atom. The summed E-state index contributed by atoms with van der Waals surface area (Å²) in [5.74, 6) is -0.414. The van der Waals surface area contributed by atoms with Crippen molar-refractivity contribution in [3.05, 3.63) is 17.7 Å². The molecule has 0 saturated heterocycles. The summed E-state index contributed by atoms with van der Waals surface area (Å²) in [6, 6.07) is 0. The number of rotatable bonds is 4. The first-order valence-electron chi connectivity index (χ1n) is 7.55. The van der Waals surface area contributed by atoms with Gasteiger partial charge in [-0.3, -0.25) is 4.79 Å². The molecule has 0 aliphatic heterocycles. The van der Waals surface area contributed by atoms with Gasteiger partial charge in [0.2, 0.25) is 0 Å². The zero-order valence-electron chi connectivity index (χ0n) is 12.6. The van der Waals surface area contributed by atoms with Crippen LogP contribution in [0, 0.1) is 0 Å². The van der Waals surface area contributed by atoms with Gasteiger partial charge in [0.1, 0.15) is 17.1 Å². The van der Waals surface area contributed by atoms with Crippen molar-refractivity contribution in [1.29, 1.82) is 0 Å². The number of carboxylic acid groups (broad SMARTS) is 1. The number of nitrogens with one attached hydrogen (secondary N) is 2. The molecular formula is C15H23N3O3. The Hall–Kier alpha value is -1.85. The molecule has 0 radical (unpaired) electrons. The van der Waals surface area contributed by atoms with Crippen molar-refractivity contribution in [2.24, 2.45) is 0 Å². The van der Waals surface area contributed by atoms with Crippen LogP contribution in [0.4, 0.5) is 0 Å². The second-order valence-electron chi connectivity index (χ2n) is 6.09. The van der Waals surface area contributed by atoms with Gasteiger partial charge in [0, 0.05) is 5.92 Å². The van der Waals surface area contributed by atoms with Gasteiger partial charge in [-0.2, -0.15) is 0 Å². The van der Waals surface area contributed by atoms with Gasteiger partial charge in [0.25, 0.3) is 5.91 Å². The molecule has 116 valence electrons. The Morgan fingerprint density at radius 1 is 1.29 bits per heavy atom. The highest BCUT2D eigenvalue weighted by atomic mass is 16.4. The summed E-state index contributed by atoms with van der Waals surface area (Å²) in [6.45, 7) is 3.95. The van der Waals surface area contributed by atoms with Crippen molar-refractivity contribution in [1.82, 2.24) is 15.3 Å². The van der Waals surface area contributed by atoms with E-state index < -0.39 is 17.4 Å². The molecule has 0 unspecified atom stereocenters. The second kappa shape index (κ2) is 6.28. The second-order valence-corrected chi connectivity index (χ2v) is 6.09. The van der Waals surface area contributed by atoms with E-state index in [0.29, 0.717) is 18.5 Å². The van der Waals surface area contributed by atoms with E-state index in [2.05, 4.69) is 15.3 Å². The van der Waals surface area contributed by atoms with E-state index in [-0.39, 0.29) is 5.92 Å². The number of imidazole rings is 1. The predicted molar refractivity (Wildman–Crippen MR) is 78.2 cm³/mol. The van der Waals surface area contributed by atoms with Crippen molar-refractivity contribution < 1.29 is 14.7 Å². The molecule has 1 aliphatic rings. The molecule has 1 aromatic heterocycles. The molecule has 1 heterocycles. The molecule has 0 aromatic carbocycles. The maximum absolute atomic E-state index is 12.3. The van der Waals surface area contributed by atoms with Gasteiger partial charge < -0.3 is 15.4 Å². The fourth-order valence-corrected chi connectivity index (χ4v) is 2.75. The predicted octanol–water partition coefficient (Wildman–Crippen LogP) is 2.44. The number of carboxylic acids is 1. The third kappa shape index (κ3) is 3.43. The minimum Gasteiger partial charge on any atom is -0.480 e. The van der Waals surface area contributed by atoms with Gasteiger partial charge in [-0.25, -0.2) is 9.78 Å². The lowest BCUT2D eigenvalue weighted by atomic mass is 9.90. The summed E-state index contributed by atoms with van der Waals surface area (Å²) in [5, 5.41) is 12.3. The summed E-state index contributed by atoms with van der Waals surface area (Å²) < 4.78 is 0. The highest BCUT2D eigenvalue weighted by molar-refractivity contribution is 5.96. The van der Waals surface area contributed by atoms with Crippen molar-refractivity contribution in [3.63, 3.8) is 0 Å². The summed E-state index contributed by atoms with van der Waals surface area (Å²) in [5.41, 5.74) is -0.819. The first-order valence-corrected chi connectivity index (χ1v) is 7.55. The van der Waals surface area contributed by atoms with Crippen LogP contribution in [-0.2, 0) is 4.79 Å². The number of hydrogen-bond acceptors (Lipinski definition) is 3. The molecule has 3 N–H and O–H groups in total. The first-order chi connectivity index (χ1) is 9.94. The average Bonchev–Trinajstić information content (AvgIpc) is 2.81. The number of carbonyl (C=O) groups excluding carboxylic acids is 1. The normalized spacial score (nSPS) is 18.2. The van der Waals surface area contributed by atoms with Gasteiger partial charge in [-0.1, -0.05) is 39.5 Å². The Kier molecular flexibility index (Phi) is 4.65. The maximum Gasteiger partial charge on any atom is 0.329 e. The minimum atomic E-state index is -1.14. The molecule has 6 heteroatoms. The molecule has 6 nitrogen and oxygen atoms in total. The number of aromatic amines is 1. The lowest BCUT2D eigenvalue weighted by Gasteiger charge is -2.29. The first kappa shape index (κ1) is 15.5. The van der Waals surface area contributed by atoms with Crippen molar-refractivity contribution >= 4 is 11.9 Å². The minimum absolute atomic E-state index is 0.192. The Labute approximate surface area is 124 Å². The van der Waals surface area contributed by atoms with Crippen molar-refractivity contribution in [2.45, 2.75) is 63.8 Å². The van der Waals surface area contributed by atoms with Crippen molar-refractivity contribution in [3.8, 4) is 0 Å². The Bertz CT molecular complexity index is 514. The fourth-order valence-electron chi connectivity index (χ4n) is 2.75. The molecule has 1 aliphatic carbocycles. The zero-order valence-corrected chi connectivity index (χ0v) is 12.6. The lowest BCUT2D eigenvalue weighted by Crippen LogP contribution is -2.54. The fraction of sp³-hybridized carbons (Fsp3) is 0.667. The molecule has 1 amide bonds. The number of aromatic nitrogens is 2. The van der Waals surface area contributed by atoms with E-state index in [1.807, 2.05) is 13.8 Å². The van der Waals surface area contributed by atoms with E-state index in [4.69, 9.17) is 0 Å². The van der Waals surface area contributed by atoms with E-state index in [1.54, 1.807) is 0 Å². The van der Waals surface area contributed by atoms with Crippen LogP contribution in [-0.4, -0.2) is 32.5 Å². The van der Waals surface area contributed by atoms with Crippen LogP contribution >= 0.6 is 0 Å². The van der Waals surface area contributed by atoms with Crippen LogP contribution in [0.15, 0.2) is 6.20 Å². The van der Waals surface area contributed by atoms with Crippen molar-refractivity contribution in [2.75, 3.05) is 0 Å². The van der Waals surface area contributed by atoms with Crippen LogP contribution in [0.2, 0.25) is 0 Å². The molecule has 2 rings (SSSR count). The Morgan fingerprint density at radius 2 is 1.90 bits per heavy atom. The van der Waals surface area contributed by atoms with E-state index in [1.165, 1.54) is 6.20 Å². The van der Waals surface area contributed by atoms with Crippen LogP contribution < -0.4 is 5.32 Å². The monoisotopic (exact) mass is 293 g/mol. The summed E-state index contributed by atoms with van der Waals surface area (Å²) in [7, 11) is 0.